The third-order valence-corrected chi connectivity index (χ3v) is 7.24. The number of Topliss-reactive ketones (excluding diaryl/α,β-unsaturated/α-hetero) is 1. The van der Waals surface area contributed by atoms with E-state index in [1.165, 1.54) is 11.3 Å². The molecule has 0 amide bonds. The molecule has 0 bridgehead atoms. The topological polar surface area (TPSA) is 57.7 Å². The number of hydrazine groups is 1. The van der Waals surface area contributed by atoms with Gasteiger partial charge in [-0.2, -0.15) is 17.8 Å². The van der Waals surface area contributed by atoms with E-state index in [0.717, 1.165) is 11.1 Å². The second-order valence-corrected chi connectivity index (χ2v) is 9.28. The van der Waals surface area contributed by atoms with Gasteiger partial charge in [0.25, 0.3) is 10.0 Å². The fourth-order valence-corrected chi connectivity index (χ4v) is 5.69. The molecule has 0 N–H and O–H groups in total. The first kappa shape index (κ1) is 21.0. The van der Waals surface area contributed by atoms with Gasteiger partial charge in [0.15, 0.2) is 5.78 Å². The van der Waals surface area contributed by atoms with E-state index in [2.05, 4.69) is 0 Å². The van der Waals surface area contributed by atoms with Crippen molar-refractivity contribution in [1.82, 2.24) is 9.42 Å². The number of benzene rings is 3. The molecule has 0 aromatic heterocycles. The molecule has 1 unspecified atom stereocenters. The summed E-state index contributed by atoms with van der Waals surface area (Å²) in [5, 5.41) is 1.78. The largest absolute Gasteiger partial charge is 0.295 e. The third kappa shape index (κ3) is 3.92. The van der Waals surface area contributed by atoms with E-state index >= 15 is 0 Å². The van der Waals surface area contributed by atoms with Crippen LogP contribution in [0.4, 0.5) is 0 Å². The average molecular weight is 433 g/mol. The lowest BCUT2D eigenvalue weighted by Crippen LogP contribution is -2.42. The lowest BCUT2D eigenvalue weighted by molar-refractivity contribution is -0.114. The third-order valence-electron chi connectivity index (χ3n) is 5.43. The molecular weight excluding hydrogens is 408 g/mol. The first-order chi connectivity index (χ1) is 14.9. The maximum Gasteiger partial charge on any atom is 0.277 e. The van der Waals surface area contributed by atoms with E-state index in [1.54, 1.807) is 42.3 Å². The molecule has 0 radical (unpaired) electrons. The molecular formula is C25H24N2O3S. The number of rotatable bonds is 6. The number of hydrogen-bond donors (Lipinski definition) is 0. The van der Waals surface area contributed by atoms with E-state index in [4.69, 9.17) is 0 Å². The summed E-state index contributed by atoms with van der Waals surface area (Å²) in [6, 6.07) is 27.1. The van der Waals surface area contributed by atoms with Gasteiger partial charge in [-0.1, -0.05) is 78.9 Å². The van der Waals surface area contributed by atoms with E-state index in [9.17, 15) is 13.2 Å². The van der Waals surface area contributed by atoms with Crippen LogP contribution in [-0.2, 0) is 21.4 Å². The molecule has 0 saturated carbocycles. The van der Waals surface area contributed by atoms with Crippen molar-refractivity contribution in [2.45, 2.75) is 31.3 Å². The molecule has 3 aromatic rings. The highest BCUT2D eigenvalue weighted by Gasteiger charge is 2.45. The maximum atomic E-state index is 13.7. The summed E-state index contributed by atoms with van der Waals surface area (Å²) < 4.78 is 28.8. The van der Waals surface area contributed by atoms with E-state index in [1.807, 2.05) is 60.7 Å². The lowest BCUT2D eigenvalue weighted by Gasteiger charge is -2.34. The van der Waals surface area contributed by atoms with Gasteiger partial charge >= 0.3 is 0 Å². The number of carbonyl (C=O) groups is 1. The fraction of sp³-hybridized carbons (Fsp3) is 0.160. The highest BCUT2D eigenvalue weighted by Crippen LogP contribution is 2.44. The molecule has 1 atom stereocenters. The van der Waals surface area contributed by atoms with Gasteiger partial charge in [-0.3, -0.25) is 4.79 Å². The summed E-state index contributed by atoms with van der Waals surface area (Å²) in [6.07, 6.45) is 0. The molecule has 158 valence electrons. The number of carbonyl (C=O) groups excluding carboxylic acids is 1. The quantitative estimate of drug-likeness (QED) is 0.566. The van der Waals surface area contributed by atoms with Gasteiger partial charge in [0.1, 0.15) is 0 Å². The van der Waals surface area contributed by atoms with Crippen LogP contribution in [0.2, 0.25) is 0 Å². The summed E-state index contributed by atoms with van der Waals surface area (Å²) in [4.78, 5) is 12.9. The Balaban J connectivity index is 1.91. The fourth-order valence-electron chi connectivity index (χ4n) is 4.11. The smallest absolute Gasteiger partial charge is 0.277 e. The summed E-state index contributed by atoms with van der Waals surface area (Å²) in [5.41, 5.74) is 2.74. The normalized spacial score (nSPS) is 17.2. The summed E-state index contributed by atoms with van der Waals surface area (Å²) >= 11 is 0. The predicted molar refractivity (Wildman–Crippen MR) is 120 cm³/mol. The Morgan fingerprint density at radius 3 is 1.90 bits per heavy atom. The van der Waals surface area contributed by atoms with Gasteiger partial charge in [0.05, 0.1) is 16.6 Å². The van der Waals surface area contributed by atoms with Crippen LogP contribution in [-0.4, -0.2) is 23.6 Å². The van der Waals surface area contributed by atoms with Crippen LogP contribution < -0.4 is 0 Å². The van der Waals surface area contributed by atoms with Crippen LogP contribution in [0.25, 0.3) is 0 Å². The van der Waals surface area contributed by atoms with Crippen LogP contribution in [0.3, 0.4) is 0 Å². The highest BCUT2D eigenvalue weighted by molar-refractivity contribution is 7.89. The molecule has 4 rings (SSSR count). The Morgan fingerprint density at radius 1 is 0.839 bits per heavy atom. The van der Waals surface area contributed by atoms with Gasteiger partial charge in [0, 0.05) is 12.1 Å². The number of ketones is 1. The van der Waals surface area contributed by atoms with E-state index < -0.39 is 16.1 Å². The standard InChI is InChI=1S/C25H24N2O3S/c1-19-24(20(2)28)25(22-14-8-4-9-15-22)26(18-21-12-6-3-7-13-21)27(19)31(29,30)23-16-10-5-11-17-23/h3-17,25H,18H2,1-2H3. The minimum absolute atomic E-state index is 0.143. The van der Waals surface area contributed by atoms with Crippen molar-refractivity contribution in [1.29, 1.82) is 0 Å². The molecule has 0 fully saturated rings. The Bertz CT molecular complexity index is 1210. The molecule has 1 aliphatic rings. The SMILES string of the molecule is CC(=O)C1=C(C)N(S(=O)(=O)c2ccccc2)N(Cc2ccccc2)C1c1ccccc1. The number of allylic oxidation sites excluding steroid dienone is 1. The Hall–Kier alpha value is -3.22. The van der Waals surface area contributed by atoms with Crippen molar-refractivity contribution in [2.75, 3.05) is 0 Å². The van der Waals surface area contributed by atoms with Gasteiger partial charge in [0.2, 0.25) is 0 Å². The van der Waals surface area contributed by atoms with Gasteiger partial charge in [-0.05, 0) is 37.1 Å². The molecule has 31 heavy (non-hydrogen) atoms. The maximum absolute atomic E-state index is 13.7. The van der Waals surface area contributed by atoms with E-state index in [0.29, 0.717) is 17.8 Å². The van der Waals surface area contributed by atoms with Crippen LogP contribution in [0, 0.1) is 0 Å². The number of hydrogen-bond acceptors (Lipinski definition) is 4. The summed E-state index contributed by atoms with van der Waals surface area (Å²) in [6.45, 7) is 3.53. The minimum atomic E-state index is -3.92. The van der Waals surface area contributed by atoms with Crippen LogP contribution in [0.5, 0.6) is 0 Å². The Kier molecular flexibility index (Phi) is 5.76. The predicted octanol–water partition coefficient (Wildman–Crippen LogP) is 4.71. The zero-order valence-electron chi connectivity index (χ0n) is 17.5. The second kappa shape index (κ2) is 8.49. The zero-order valence-corrected chi connectivity index (χ0v) is 18.3. The van der Waals surface area contributed by atoms with Crippen molar-refractivity contribution < 1.29 is 13.2 Å². The van der Waals surface area contributed by atoms with Crippen molar-refractivity contribution in [3.05, 3.63) is 113 Å². The van der Waals surface area contributed by atoms with Crippen molar-refractivity contribution in [2.24, 2.45) is 0 Å². The monoisotopic (exact) mass is 432 g/mol. The number of nitrogens with zero attached hydrogens (tertiary/aromatic N) is 2. The first-order valence-corrected chi connectivity index (χ1v) is 11.5. The minimum Gasteiger partial charge on any atom is -0.295 e. The molecule has 3 aromatic carbocycles. The van der Waals surface area contributed by atoms with Crippen LogP contribution in [0.15, 0.2) is 107 Å². The Labute approximate surface area is 183 Å². The molecule has 1 heterocycles. The van der Waals surface area contributed by atoms with Crippen LogP contribution in [0.1, 0.15) is 31.0 Å². The first-order valence-electron chi connectivity index (χ1n) is 10.1. The van der Waals surface area contributed by atoms with Crippen molar-refractivity contribution in [3.8, 4) is 0 Å². The molecule has 5 nitrogen and oxygen atoms in total. The second-order valence-electron chi connectivity index (χ2n) is 7.51. The van der Waals surface area contributed by atoms with Crippen molar-refractivity contribution >= 4 is 15.8 Å². The summed E-state index contributed by atoms with van der Waals surface area (Å²) in [5.74, 6) is -0.143. The molecule has 0 spiro atoms. The van der Waals surface area contributed by atoms with Gasteiger partial charge < -0.3 is 0 Å². The van der Waals surface area contributed by atoms with E-state index in [-0.39, 0.29) is 10.7 Å². The highest BCUT2D eigenvalue weighted by atomic mass is 32.2. The average Bonchev–Trinajstić information content (AvgIpc) is 3.08. The zero-order chi connectivity index (χ0) is 22.0. The Morgan fingerprint density at radius 2 is 1.35 bits per heavy atom. The van der Waals surface area contributed by atoms with Gasteiger partial charge in [-0.25, -0.2) is 0 Å². The molecule has 0 saturated heterocycles. The molecule has 6 heteroatoms. The van der Waals surface area contributed by atoms with Crippen LogP contribution >= 0.6 is 0 Å². The number of sulfonamides is 1. The molecule has 1 aliphatic heterocycles. The summed E-state index contributed by atoms with van der Waals surface area (Å²) in [7, 11) is -3.92. The van der Waals surface area contributed by atoms with Crippen molar-refractivity contribution in [3.63, 3.8) is 0 Å². The molecule has 0 aliphatic carbocycles. The van der Waals surface area contributed by atoms with Gasteiger partial charge in [-0.15, -0.1) is 0 Å². The lowest BCUT2D eigenvalue weighted by atomic mass is 9.95.